The van der Waals surface area contributed by atoms with Crippen molar-refractivity contribution in [3.8, 4) is 0 Å². The zero-order chi connectivity index (χ0) is 25.5. The molecule has 0 saturated carbocycles. The van der Waals surface area contributed by atoms with E-state index in [9.17, 15) is 9.59 Å². The van der Waals surface area contributed by atoms with Crippen molar-refractivity contribution in [2.75, 3.05) is 25.0 Å². The normalized spacial score (nSPS) is 15.0. The van der Waals surface area contributed by atoms with Crippen LogP contribution in [0.15, 0.2) is 60.0 Å². The Labute approximate surface area is 225 Å². The van der Waals surface area contributed by atoms with E-state index in [1.807, 2.05) is 47.5 Å². The molecule has 1 atom stereocenters. The van der Waals surface area contributed by atoms with E-state index >= 15 is 0 Å². The molecule has 190 valence electrons. The van der Waals surface area contributed by atoms with Crippen LogP contribution in [0.3, 0.4) is 0 Å². The fourth-order valence-corrected chi connectivity index (χ4v) is 5.29. The molecule has 1 fully saturated rings. The average Bonchev–Trinajstić information content (AvgIpc) is 3.53. The number of thiophene rings is 1. The van der Waals surface area contributed by atoms with Crippen LogP contribution >= 0.6 is 34.5 Å². The minimum atomic E-state index is -0.385. The van der Waals surface area contributed by atoms with E-state index in [1.54, 1.807) is 29.5 Å². The van der Waals surface area contributed by atoms with Crippen molar-refractivity contribution in [1.29, 1.82) is 0 Å². The summed E-state index contributed by atoms with van der Waals surface area (Å²) < 4.78 is 5.77. The number of carbonyl (C=O) groups is 2. The van der Waals surface area contributed by atoms with E-state index in [2.05, 4.69) is 11.4 Å². The number of nitrogens with one attached hydrogen (secondary N) is 1. The highest BCUT2D eigenvalue weighted by molar-refractivity contribution is 7.10. The summed E-state index contributed by atoms with van der Waals surface area (Å²) in [6, 6.07) is 16.4. The zero-order valence-corrected chi connectivity index (χ0v) is 22.4. The first kappa shape index (κ1) is 26.5. The topological polar surface area (TPSA) is 61.9 Å². The van der Waals surface area contributed by atoms with Crippen LogP contribution in [0.1, 0.15) is 28.8 Å². The molecule has 4 rings (SSSR count). The summed E-state index contributed by atoms with van der Waals surface area (Å²) in [5.41, 5.74) is 2.69. The minimum absolute atomic E-state index is 0.0652. The van der Waals surface area contributed by atoms with Crippen molar-refractivity contribution in [3.63, 3.8) is 0 Å². The minimum Gasteiger partial charge on any atom is -0.376 e. The zero-order valence-electron chi connectivity index (χ0n) is 20.1. The summed E-state index contributed by atoms with van der Waals surface area (Å²) in [4.78, 5) is 31.4. The molecular weight excluding hydrogens is 517 g/mol. The van der Waals surface area contributed by atoms with Gasteiger partial charge in [-0.25, -0.2) is 4.79 Å². The Kier molecular flexibility index (Phi) is 9.26. The van der Waals surface area contributed by atoms with Crippen molar-refractivity contribution in [3.05, 3.63) is 86.0 Å². The van der Waals surface area contributed by atoms with Crippen LogP contribution in [0.5, 0.6) is 0 Å². The van der Waals surface area contributed by atoms with Crippen molar-refractivity contribution < 1.29 is 14.3 Å². The number of anilines is 1. The maximum Gasteiger partial charge on any atom is 0.322 e. The summed E-state index contributed by atoms with van der Waals surface area (Å²) in [5, 5.41) is 5.63. The first-order valence-electron chi connectivity index (χ1n) is 11.9. The second-order valence-electron chi connectivity index (χ2n) is 8.84. The van der Waals surface area contributed by atoms with Gasteiger partial charge in [0.05, 0.1) is 22.7 Å². The van der Waals surface area contributed by atoms with Gasteiger partial charge in [0.25, 0.3) is 0 Å². The van der Waals surface area contributed by atoms with Crippen LogP contribution in [-0.4, -0.2) is 47.5 Å². The summed E-state index contributed by atoms with van der Waals surface area (Å²) in [5.74, 6) is -0.131. The quantitative estimate of drug-likeness (QED) is 0.329. The van der Waals surface area contributed by atoms with Crippen LogP contribution < -0.4 is 5.32 Å². The molecule has 3 amide bonds. The number of carbonyl (C=O) groups excluding carboxylic acids is 2. The molecule has 1 aromatic heterocycles. The van der Waals surface area contributed by atoms with Gasteiger partial charge in [-0.15, -0.1) is 11.3 Å². The van der Waals surface area contributed by atoms with Gasteiger partial charge in [-0.2, -0.15) is 0 Å². The number of nitrogens with zero attached hydrogens (tertiary/aromatic N) is 2. The van der Waals surface area contributed by atoms with Crippen molar-refractivity contribution >= 4 is 52.2 Å². The van der Waals surface area contributed by atoms with Crippen LogP contribution in [0.4, 0.5) is 10.5 Å². The second-order valence-corrected chi connectivity index (χ2v) is 10.7. The maximum absolute atomic E-state index is 13.7. The van der Waals surface area contributed by atoms with E-state index in [0.717, 1.165) is 28.8 Å². The number of ether oxygens (including phenoxy) is 1. The molecule has 6 nitrogen and oxygen atoms in total. The number of hydrogen-bond donors (Lipinski definition) is 1. The van der Waals surface area contributed by atoms with Gasteiger partial charge >= 0.3 is 6.03 Å². The fourth-order valence-electron chi connectivity index (χ4n) is 4.07. The molecule has 1 aliphatic rings. The van der Waals surface area contributed by atoms with Crippen LogP contribution in [0.2, 0.25) is 10.0 Å². The van der Waals surface area contributed by atoms with Crippen LogP contribution in [0.25, 0.3) is 0 Å². The highest BCUT2D eigenvalue weighted by Crippen LogP contribution is 2.25. The van der Waals surface area contributed by atoms with Gasteiger partial charge in [-0.05, 0) is 60.5 Å². The number of aryl methyl sites for hydroxylation is 1. The predicted molar refractivity (Wildman–Crippen MR) is 146 cm³/mol. The summed E-state index contributed by atoms with van der Waals surface area (Å²) in [6.45, 7) is 3.92. The first-order chi connectivity index (χ1) is 17.4. The lowest BCUT2D eigenvalue weighted by Gasteiger charge is -2.29. The predicted octanol–water partition coefficient (Wildman–Crippen LogP) is 6.61. The SMILES string of the molecule is Cc1ccsc1CN(Cc1ccccc1)C(=O)CN(CC1CCCO1)C(=O)Nc1ccc(Cl)c(Cl)c1. The van der Waals surface area contributed by atoms with Crippen molar-refractivity contribution in [2.45, 2.75) is 39.0 Å². The molecule has 9 heteroatoms. The van der Waals surface area contributed by atoms with E-state index < -0.39 is 0 Å². The first-order valence-corrected chi connectivity index (χ1v) is 13.5. The lowest BCUT2D eigenvalue weighted by atomic mass is 10.2. The Bertz CT molecular complexity index is 1180. The highest BCUT2D eigenvalue weighted by Gasteiger charge is 2.27. The third-order valence-electron chi connectivity index (χ3n) is 6.10. The number of rotatable bonds is 9. The van der Waals surface area contributed by atoms with E-state index in [1.165, 1.54) is 4.90 Å². The van der Waals surface area contributed by atoms with Gasteiger partial charge in [-0.1, -0.05) is 53.5 Å². The van der Waals surface area contributed by atoms with Gasteiger partial charge in [0, 0.05) is 30.3 Å². The van der Waals surface area contributed by atoms with Gasteiger partial charge in [0.2, 0.25) is 5.91 Å². The van der Waals surface area contributed by atoms with E-state index in [-0.39, 0.29) is 24.6 Å². The van der Waals surface area contributed by atoms with Gasteiger partial charge < -0.3 is 19.9 Å². The number of hydrogen-bond acceptors (Lipinski definition) is 4. The van der Waals surface area contributed by atoms with E-state index in [0.29, 0.717) is 42.0 Å². The molecule has 3 aromatic rings. The highest BCUT2D eigenvalue weighted by atomic mass is 35.5. The fraction of sp³-hybridized carbons (Fsp3) is 0.333. The second kappa shape index (κ2) is 12.6. The molecular formula is C27H29Cl2N3O3S. The largest absolute Gasteiger partial charge is 0.376 e. The Morgan fingerprint density at radius 1 is 1.06 bits per heavy atom. The standard InChI is InChI=1S/C27H29Cl2N3O3S/c1-19-11-13-36-25(19)17-31(15-20-6-3-2-4-7-20)26(33)18-32(16-22-8-5-12-35-22)27(34)30-21-9-10-23(28)24(29)14-21/h2-4,6-7,9-11,13-14,22H,5,8,12,15-18H2,1H3,(H,30,34). The molecule has 1 unspecified atom stereocenters. The summed E-state index contributed by atoms with van der Waals surface area (Å²) >= 11 is 13.8. The smallest absolute Gasteiger partial charge is 0.322 e. The number of halogens is 2. The van der Waals surface area contributed by atoms with Gasteiger partial charge in [0.1, 0.15) is 6.54 Å². The molecule has 2 aromatic carbocycles. The molecule has 1 saturated heterocycles. The number of urea groups is 1. The Balaban J connectivity index is 1.52. The van der Waals surface area contributed by atoms with Gasteiger partial charge in [-0.3, -0.25) is 4.79 Å². The Hall–Kier alpha value is -2.58. The lowest BCUT2D eigenvalue weighted by molar-refractivity contribution is -0.133. The summed E-state index contributed by atoms with van der Waals surface area (Å²) in [6.07, 6.45) is 1.70. The third-order valence-corrected chi connectivity index (χ3v) is 7.85. The van der Waals surface area contributed by atoms with Crippen molar-refractivity contribution in [2.24, 2.45) is 0 Å². The van der Waals surface area contributed by atoms with Gasteiger partial charge in [0.15, 0.2) is 0 Å². The van der Waals surface area contributed by atoms with Crippen LogP contribution in [0, 0.1) is 6.92 Å². The molecule has 36 heavy (non-hydrogen) atoms. The Morgan fingerprint density at radius 3 is 2.53 bits per heavy atom. The van der Waals surface area contributed by atoms with E-state index in [4.69, 9.17) is 27.9 Å². The molecule has 0 radical (unpaired) electrons. The number of amides is 3. The molecule has 1 N–H and O–H groups in total. The third kappa shape index (κ3) is 7.23. The lowest BCUT2D eigenvalue weighted by Crippen LogP contribution is -2.46. The molecule has 0 aliphatic carbocycles. The summed E-state index contributed by atoms with van der Waals surface area (Å²) in [7, 11) is 0. The Morgan fingerprint density at radius 2 is 1.86 bits per heavy atom. The monoisotopic (exact) mass is 545 g/mol. The van der Waals surface area contributed by atoms with Crippen LogP contribution in [-0.2, 0) is 22.6 Å². The average molecular weight is 547 g/mol. The number of benzene rings is 2. The maximum atomic E-state index is 13.7. The molecule has 2 heterocycles. The van der Waals surface area contributed by atoms with Crippen molar-refractivity contribution in [1.82, 2.24) is 9.80 Å². The molecule has 0 spiro atoms. The molecule has 1 aliphatic heterocycles. The molecule has 0 bridgehead atoms.